The second kappa shape index (κ2) is 12.3. The molecule has 128 valence electrons. The predicted molar refractivity (Wildman–Crippen MR) is 91.6 cm³/mol. The maximum atomic E-state index is 8.88. The van der Waals surface area contributed by atoms with Crippen LogP contribution < -0.4 is 0 Å². The third kappa shape index (κ3) is 2060. The zero-order valence-electron chi connectivity index (χ0n) is 12.0. The molecule has 0 bridgehead atoms. The summed E-state index contributed by atoms with van der Waals surface area (Å²) in [6, 6.07) is 0. The average Bonchev–Trinajstić information content (AvgIpc) is 1.62. The van der Waals surface area contributed by atoms with Crippen LogP contribution in [0.15, 0.2) is 0 Å². The van der Waals surface area contributed by atoms with E-state index in [9.17, 15) is 0 Å². The largest absolute Gasteiger partial charge is 0.466 e. The van der Waals surface area contributed by atoms with Gasteiger partial charge in [0.15, 0.2) is 0 Å². The second-order valence-corrected chi connectivity index (χ2v) is 11.8. The maximum Gasteiger partial charge on any atom is 0.466 e. The SMILES string of the molecule is CC(C)(Cl)Cl.CC(C)(Cl)Cl.CC(C)(Cl)Cl.O=P(O)(O)O. The second-order valence-electron chi connectivity index (χ2n) is 4.50. The van der Waals surface area contributed by atoms with Gasteiger partial charge in [0, 0.05) is 0 Å². The minimum absolute atomic E-state index is 0.556. The van der Waals surface area contributed by atoms with Gasteiger partial charge < -0.3 is 14.7 Å². The normalized spacial score (nSPS) is 11.9. The minimum atomic E-state index is -4.64. The molecule has 0 heterocycles. The Morgan fingerprint density at radius 3 is 0.600 bits per heavy atom. The van der Waals surface area contributed by atoms with E-state index in [1.165, 1.54) is 0 Å². The molecule has 0 radical (unpaired) electrons. The third-order valence-electron chi connectivity index (χ3n) is 0. The van der Waals surface area contributed by atoms with Gasteiger partial charge in [-0.1, -0.05) is 0 Å². The quantitative estimate of drug-likeness (QED) is 0.337. The molecule has 0 spiro atoms. The molecule has 4 nitrogen and oxygen atoms in total. The van der Waals surface area contributed by atoms with E-state index < -0.39 is 20.8 Å². The van der Waals surface area contributed by atoms with Crippen molar-refractivity contribution in [1.29, 1.82) is 0 Å². The Morgan fingerprint density at radius 1 is 0.600 bits per heavy atom. The number of halogens is 6. The van der Waals surface area contributed by atoms with Crippen molar-refractivity contribution >= 4 is 77.4 Å². The molecule has 0 fully saturated rings. The molecule has 0 aliphatic heterocycles. The van der Waals surface area contributed by atoms with Crippen molar-refractivity contribution < 1.29 is 19.2 Å². The van der Waals surface area contributed by atoms with Crippen LogP contribution in [0.2, 0.25) is 0 Å². The molecule has 0 saturated heterocycles. The first kappa shape index (κ1) is 29.8. The summed E-state index contributed by atoms with van der Waals surface area (Å²) >= 11 is 31.8. The molecule has 0 aromatic carbocycles. The molecule has 0 unspecified atom stereocenters. The van der Waals surface area contributed by atoms with E-state index in [0.29, 0.717) is 0 Å². The highest BCUT2D eigenvalue weighted by Gasteiger charge is 2.04. The van der Waals surface area contributed by atoms with Gasteiger partial charge in [-0.2, -0.15) is 0 Å². The van der Waals surface area contributed by atoms with Gasteiger partial charge in [0.2, 0.25) is 0 Å². The Hall–Kier alpha value is 1.85. The fourth-order valence-electron chi connectivity index (χ4n) is 0. The van der Waals surface area contributed by atoms with Gasteiger partial charge in [-0.3, -0.25) is 0 Å². The number of alkyl halides is 6. The lowest BCUT2D eigenvalue weighted by molar-refractivity contribution is 0.275. The molecule has 11 heteroatoms. The standard InChI is InChI=1S/3C3H6Cl2.H3O4P/c3*1-3(2,4)5;1-5(2,3)4/h3*1-2H3;(H3,1,2,3,4). The predicted octanol–water partition coefficient (Wildman–Crippen LogP) is 5.67. The van der Waals surface area contributed by atoms with Crippen LogP contribution in [0, 0.1) is 0 Å². The molecule has 0 amide bonds. The van der Waals surface area contributed by atoms with E-state index in [1.807, 2.05) is 0 Å². The third-order valence-corrected chi connectivity index (χ3v) is 0. The molecule has 20 heavy (non-hydrogen) atoms. The Kier molecular flexibility index (Phi) is 18.3. The van der Waals surface area contributed by atoms with E-state index in [0.717, 1.165) is 0 Å². The van der Waals surface area contributed by atoms with Gasteiger partial charge in [-0.25, -0.2) is 4.57 Å². The van der Waals surface area contributed by atoms with Crippen molar-refractivity contribution in [2.24, 2.45) is 0 Å². The van der Waals surface area contributed by atoms with Gasteiger partial charge in [-0.05, 0) is 41.5 Å². The monoisotopic (exact) mass is 434 g/mol. The molecule has 0 rings (SSSR count). The Balaban J connectivity index is -0.0000000853. The first-order chi connectivity index (χ1) is 8.00. The lowest BCUT2D eigenvalue weighted by Gasteiger charge is -1.98. The highest BCUT2D eigenvalue weighted by atomic mass is 35.5. The van der Waals surface area contributed by atoms with Crippen LogP contribution in [0.5, 0.6) is 0 Å². The van der Waals surface area contributed by atoms with Gasteiger partial charge in [0.05, 0.1) is 0 Å². The van der Waals surface area contributed by atoms with E-state index >= 15 is 0 Å². The Morgan fingerprint density at radius 2 is 0.600 bits per heavy atom. The summed E-state index contributed by atoms with van der Waals surface area (Å²) in [5, 5.41) is 0. The van der Waals surface area contributed by atoms with E-state index in [4.69, 9.17) is 88.9 Å². The fraction of sp³-hybridized carbons (Fsp3) is 1.00. The highest BCUT2D eigenvalue weighted by molar-refractivity contribution is 7.45. The van der Waals surface area contributed by atoms with Gasteiger partial charge in [0.25, 0.3) is 0 Å². The summed E-state index contributed by atoms with van der Waals surface area (Å²) in [6.07, 6.45) is 0. The molecular weight excluding hydrogens is 416 g/mol. The minimum Gasteiger partial charge on any atom is -0.303 e. The van der Waals surface area contributed by atoms with Crippen molar-refractivity contribution in [2.75, 3.05) is 0 Å². The molecule has 3 N–H and O–H groups in total. The molecule has 0 atom stereocenters. The summed E-state index contributed by atoms with van der Waals surface area (Å²) < 4.78 is 7.22. The van der Waals surface area contributed by atoms with E-state index in [-0.39, 0.29) is 0 Å². The molecule has 0 aromatic rings. The number of phosphoric acid groups is 1. The maximum absolute atomic E-state index is 8.88. The van der Waals surface area contributed by atoms with Crippen molar-refractivity contribution in [3.05, 3.63) is 0 Å². The van der Waals surface area contributed by atoms with Crippen LogP contribution in [0.25, 0.3) is 0 Å². The number of hydrogen-bond donors (Lipinski definition) is 3. The van der Waals surface area contributed by atoms with Crippen LogP contribution in [0.3, 0.4) is 0 Å². The molecule has 0 aliphatic rings. The molecule has 0 aliphatic carbocycles. The average molecular weight is 437 g/mol. The van der Waals surface area contributed by atoms with Gasteiger partial charge in [-0.15, -0.1) is 69.6 Å². The van der Waals surface area contributed by atoms with Crippen LogP contribution in [0.1, 0.15) is 41.5 Å². The molecule has 0 saturated carbocycles. The Bertz CT molecular complexity index is 208. The Labute approximate surface area is 150 Å². The van der Waals surface area contributed by atoms with Crippen molar-refractivity contribution in [3.8, 4) is 0 Å². The van der Waals surface area contributed by atoms with Crippen molar-refractivity contribution in [2.45, 2.75) is 54.5 Å². The van der Waals surface area contributed by atoms with E-state index in [2.05, 4.69) is 0 Å². The zero-order valence-corrected chi connectivity index (χ0v) is 17.4. The van der Waals surface area contributed by atoms with Crippen LogP contribution in [-0.2, 0) is 4.57 Å². The lowest BCUT2D eigenvalue weighted by Crippen LogP contribution is -1.93. The zero-order chi connectivity index (χ0) is 18.0. The summed E-state index contributed by atoms with van der Waals surface area (Å²) in [4.78, 5) is 21.6. The topological polar surface area (TPSA) is 77.8 Å². The van der Waals surface area contributed by atoms with Crippen molar-refractivity contribution in [3.63, 3.8) is 0 Å². The summed E-state index contributed by atoms with van der Waals surface area (Å²) in [5.41, 5.74) is 0. The highest BCUT2D eigenvalue weighted by Crippen LogP contribution is 2.25. The first-order valence-corrected chi connectivity index (χ1v) is 8.75. The lowest BCUT2D eigenvalue weighted by atomic mass is 10.6. The first-order valence-electron chi connectivity index (χ1n) is 4.92. The van der Waals surface area contributed by atoms with E-state index in [1.54, 1.807) is 41.5 Å². The fourth-order valence-corrected chi connectivity index (χ4v) is 0. The van der Waals surface area contributed by atoms with Gasteiger partial charge >= 0.3 is 7.82 Å². The molecule has 0 aromatic heterocycles. The smallest absolute Gasteiger partial charge is 0.303 e. The number of rotatable bonds is 0. The van der Waals surface area contributed by atoms with Crippen LogP contribution >= 0.6 is 77.4 Å². The van der Waals surface area contributed by atoms with Crippen LogP contribution in [-0.4, -0.2) is 27.7 Å². The van der Waals surface area contributed by atoms with Gasteiger partial charge in [0.1, 0.15) is 13.0 Å². The summed E-state index contributed by atoms with van der Waals surface area (Å²) in [5.74, 6) is 0. The summed E-state index contributed by atoms with van der Waals surface area (Å²) in [6.45, 7) is 10.3. The molecular formula is C9H21Cl6O4P. The number of hydrogen-bond acceptors (Lipinski definition) is 1. The van der Waals surface area contributed by atoms with Crippen LogP contribution in [0.4, 0.5) is 0 Å². The van der Waals surface area contributed by atoms with Crippen molar-refractivity contribution in [1.82, 2.24) is 0 Å². The summed E-state index contributed by atoms with van der Waals surface area (Å²) in [7, 11) is -4.64.